The lowest BCUT2D eigenvalue weighted by molar-refractivity contribution is -0.942. The molecule has 2 aromatic heterocycles. The third-order valence-corrected chi connectivity index (χ3v) is 10.9. The Morgan fingerprint density at radius 1 is 0.683 bits per heavy atom. The highest BCUT2D eigenvalue weighted by molar-refractivity contribution is 7.14. The summed E-state index contributed by atoms with van der Waals surface area (Å²) in [5.41, 5.74) is 2.49. The molecule has 1 aliphatic carbocycles. The fraction of sp³-hybridized carbons (Fsp3) is 0.500. The number of allylic oxidation sites excluding steroid dienone is 2. The maximum atomic E-state index is 13.5. The third-order valence-electron chi connectivity index (χ3n) is 8.73. The lowest BCUT2D eigenvalue weighted by Crippen LogP contribution is -3.22. The topological polar surface area (TPSA) is 72.1 Å². The Balaban J connectivity index is 1.35. The van der Waals surface area contributed by atoms with Gasteiger partial charge in [0.2, 0.25) is 0 Å². The van der Waals surface area contributed by atoms with Crippen LogP contribution < -0.4 is 10.1 Å². The molecule has 0 radical (unpaired) electrons. The van der Waals surface area contributed by atoms with Crippen molar-refractivity contribution in [1.82, 2.24) is 0 Å². The van der Waals surface area contributed by atoms with E-state index in [-0.39, 0.29) is 27.0 Å². The standard InChI is InChI=1S/C34H44N2O3S2/c1-31(2)18-24(19-32(3,4)35(31)38)28-14-12-26(40-28)16-22-10-9-11-23(30(22)37)17-27-13-15-29(41-27)25-20-33(5,6)36(39)34(7,8)21-25/h12-18,20,35-36H,9-11,19,21H2,1-8H3/b22-16+,23-17+. The Morgan fingerprint density at radius 3 is 1.44 bits per heavy atom. The first-order valence-electron chi connectivity index (χ1n) is 14.7. The SMILES string of the molecule is CC1(C)C=C(c2ccc(/C=C3\CCC/C(=C\c4ccc(C5=CC(C)(C)[NH+]([O-])C(C)(C)C5)s4)C3=O)s2)CC(C)(C)[NH+]1[O-]. The van der Waals surface area contributed by atoms with Gasteiger partial charge in [-0.05, 0) is 134 Å². The van der Waals surface area contributed by atoms with Crippen LogP contribution >= 0.6 is 22.7 Å². The summed E-state index contributed by atoms with van der Waals surface area (Å²) in [5, 5.41) is 26.3. The van der Waals surface area contributed by atoms with Gasteiger partial charge in [-0.3, -0.25) is 4.79 Å². The van der Waals surface area contributed by atoms with Gasteiger partial charge in [-0.1, -0.05) is 0 Å². The van der Waals surface area contributed by atoms with Gasteiger partial charge in [0.05, 0.1) is 11.1 Å². The molecule has 2 aliphatic heterocycles. The Kier molecular flexibility index (Phi) is 7.80. The fourth-order valence-corrected chi connectivity index (χ4v) is 8.98. The maximum absolute atomic E-state index is 13.5. The van der Waals surface area contributed by atoms with Crippen LogP contribution in [0.1, 0.15) is 107 Å². The highest BCUT2D eigenvalue weighted by atomic mass is 32.1. The van der Waals surface area contributed by atoms with Crippen LogP contribution in [0.3, 0.4) is 0 Å². The van der Waals surface area contributed by atoms with E-state index in [1.807, 2.05) is 55.4 Å². The molecule has 2 unspecified atom stereocenters. The Labute approximate surface area is 253 Å². The van der Waals surface area contributed by atoms with E-state index >= 15 is 0 Å². The van der Waals surface area contributed by atoms with Crippen LogP contribution in [0.25, 0.3) is 23.3 Å². The molecule has 0 bridgehead atoms. The molecule has 0 amide bonds. The molecule has 3 aliphatic rings. The van der Waals surface area contributed by atoms with Gasteiger partial charge in [0.15, 0.2) is 5.78 Å². The van der Waals surface area contributed by atoms with Crippen LogP contribution in [-0.2, 0) is 4.79 Å². The zero-order chi connectivity index (χ0) is 30.0. The monoisotopic (exact) mass is 592 g/mol. The van der Waals surface area contributed by atoms with Crippen LogP contribution in [0, 0.1) is 10.4 Å². The molecule has 2 aromatic rings. The van der Waals surface area contributed by atoms with Gasteiger partial charge in [0, 0.05) is 43.5 Å². The van der Waals surface area contributed by atoms with E-state index in [1.165, 1.54) is 20.9 Å². The van der Waals surface area contributed by atoms with Crippen molar-refractivity contribution < 1.29 is 14.9 Å². The molecule has 1 saturated carbocycles. The van der Waals surface area contributed by atoms with Crippen molar-refractivity contribution in [3.8, 4) is 0 Å². The molecular formula is C34H44N2O3S2. The van der Waals surface area contributed by atoms with Gasteiger partial charge in [-0.15, -0.1) is 22.7 Å². The van der Waals surface area contributed by atoms with Gasteiger partial charge in [-0.25, -0.2) is 0 Å². The second-order valence-electron chi connectivity index (χ2n) is 14.5. The summed E-state index contributed by atoms with van der Waals surface area (Å²) in [4.78, 5) is 18.1. The summed E-state index contributed by atoms with van der Waals surface area (Å²) in [5.74, 6) is 0.149. The molecule has 0 spiro atoms. The predicted octanol–water partition coefficient (Wildman–Crippen LogP) is 6.48. The smallest absolute Gasteiger partial charge is 0.185 e. The van der Waals surface area contributed by atoms with Crippen molar-refractivity contribution in [3.05, 3.63) is 77.5 Å². The number of hydrogen-bond donors (Lipinski definition) is 2. The van der Waals surface area contributed by atoms with E-state index in [9.17, 15) is 15.2 Å². The van der Waals surface area contributed by atoms with E-state index in [2.05, 4.69) is 48.6 Å². The molecule has 4 heterocycles. The van der Waals surface area contributed by atoms with Gasteiger partial charge in [0.1, 0.15) is 11.1 Å². The second kappa shape index (κ2) is 10.5. The molecule has 0 saturated heterocycles. The molecule has 5 nitrogen and oxygen atoms in total. The quantitative estimate of drug-likeness (QED) is 0.315. The first-order valence-corrected chi connectivity index (χ1v) is 16.3. The van der Waals surface area contributed by atoms with Gasteiger partial charge >= 0.3 is 0 Å². The molecule has 0 aromatic carbocycles. The number of quaternary nitrogens is 2. The molecule has 2 atom stereocenters. The second-order valence-corrected chi connectivity index (χ2v) is 16.7. The molecule has 1 fully saturated rings. The summed E-state index contributed by atoms with van der Waals surface area (Å²) >= 11 is 3.41. The van der Waals surface area contributed by atoms with E-state index in [4.69, 9.17) is 0 Å². The van der Waals surface area contributed by atoms with Crippen molar-refractivity contribution in [2.45, 2.75) is 110 Å². The minimum absolute atomic E-state index is 0.149. The summed E-state index contributed by atoms with van der Waals surface area (Å²) in [7, 11) is 0. The normalized spacial score (nSPS) is 29.0. The maximum Gasteiger partial charge on any atom is 0.185 e. The average Bonchev–Trinajstić information content (AvgIpc) is 3.53. The van der Waals surface area contributed by atoms with Crippen LogP contribution in [-0.4, -0.2) is 27.9 Å². The summed E-state index contributed by atoms with van der Waals surface area (Å²) < 4.78 is 0. The van der Waals surface area contributed by atoms with Crippen LogP contribution in [0.15, 0.2) is 47.6 Å². The minimum atomic E-state index is -0.474. The van der Waals surface area contributed by atoms with Gasteiger partial charge in [-0.2, -0.15) is 0 Å². The van der Waals surface area contributed by atoms with Crippen molar-refractivity contribution in [2.75, 3.05) is 0 Å². The van der Waals surface area contributed by atoms with Crippen LogP contribution in [0.5, 0.6) is 0 Å². The summed E-state index contributed by atoms with van der Waals surface area (Å²) in [6.07, 6.45) is 12.4. The summed E-state index contributed by atoms with van der Waals surface area (Å²) in [6.45, 7) is 16.2. The first kappa shape index (κ1) is 30.3. The van der Waals surface area contributed by atoms with Crippen molar-refractivity contribution in [3.63, 3.8) is 0 Å². The molecular weight excluding hydrogens is 549 g/mol. The van der Waals surface area contributed by atoms with Crippen molar-refractivity contribution >= 4 is 51.8 Å². The van der Waals surface area contributed by atoms with E-state index in [0.29, 0.717) is 0 Å². The molecule has 7 heteroatoms. The van der Waals surface area contributed by atoms with E-state index < -0.39 is 11.1 Å². The molecule has 5 rings (SSSR count). The average molecular weight is 593 g/mol. The van der Waals surface area contributed by atoms with Gasteiger partial charge in [0.25, 0.3) is 0 Å². The number of carbonyl (C=O) groups is 1. The molecule has 41 heavy (non-hydrogen) atoms. The highest BCUT2D eigenvalue weighted by Gasteiger charge is 2.42. The molecule has 220 valence electrons. The Bertz CT molecular complexity index is 1370. The number of Topliss-reactive ketones (excluding diaryl/α,β-unsaturated/α-hetero) is 1. The number of ketones is 1. The van der Waals surface area contributed by atoms with E-state index in [1.54, 1.807) is 22.7 Å². The van der Waals surface area contributed by atoms with Crippen LogP contribution in [0.4, 0.5) is 0 Å². The number of rotatable bonds is 4. The highest BCUT2D eigenvalue weighted by Crippen LogP contribution is 2.38. The summed E-state index contributed by atoms with van der Waals surface area (Å²) in [6, 6.07) is 8.48. The number of hydroxylamine groups is 4. The number of thiophene rings is 2. The number of carbonyl (C=O) groups excluding carboxylic acids is 1. The lowest BCUT2D eigenvalue weighted by Gasteiger charge is -2.50. The van der Waals surface area contributed by atoms with Crippen LogP contribution in [0.2, 0.25) is 0 Å². The fourth-order valence-electron chi connectivity index (χ4n) is 7.01. The minimum Gasteiger partial charge on any atom is -0.633 e. The number of hydrogen-bond acceptors (Lipinski definition) is 5. The zero-order valence-corrected chi connectivity index (χ0v) is 27.3. The van der Waals surface area contributed by atoms with Crippen molar-refractivity contribution in [1.29, 1.82) is 0 Å². The molecule has 2 N–H and O–H groups in total. The third kappa shape index (κ3) is 6.03. The number of nitrogens with one attached hydrogen (secondary N) is 2. The first-order chi connectivity index (χ1) is 19.0. The predicted molar refractivity (Wildman–Crippen MR) is 174 cm³/mol. The van der Waals surface area contributed by atoms with Crippen molar-refractivity contribution in [2.24, 2.45) is 0 Å². The lowest BCUT2D eigenvalue weighted by atomic mass is 9.82. The largest absolute Gasteiger partial charge is 0.633 e. The Hall–Kier alpha value is -2.13. The van der Waals surface area contributed by atoms with E-state index in [0.717, 1.165) is 53.0 Å². The zero-order valence-electron chi connectivity index (χ0n) is 25.7. The Morgan fingerprint density at radius 2 is 1.07 bits per heavy atom. The van der Waals surface area contributed by atoms with Gasteiger partial charge < -0.3 is 20.5 Å².